The predicted octanol–water partition coefficient (Wildman–Crippen LogP) is 2.46. The van der Waals surface area contributed by atoms with Gasteiger partial charge in [-0.1, -0.05) is 12.1 Å². The van der Waals surface area contributed by atoms with Crippen molar-refractivity contribution in [2.45, 2.75) is 20.4 Å². The molecular formula is C12H19NO. The van der Waals surface area contributed by atoms with E-state index in [1.165, 1.54) is 11.1 Å². The van der Waals surface area contributed by atoms with Crippen LogP contribution in [0.3, 0.4) is 0 Å². The van der Waals surface area contributed by atoms with Crippen molar-refractivity contribution in [1.29, 1.82) is 0 Å². The Morgan fingerprint density at radius 3 is 2.50 bits per heavy atom. The minimum absolute atomic E-state index is 0.730. The fourth-order valence-electron chi connectivity index (χ4n) is 1.49. The topological polar surface area (TPSA) is 12.5 Å². The van der Waals surface area contributed by atoms with Crippen LogP contribution in [0.1, 0.15) is 18.1 Å². The summed E-state index contributed by atoms with van der Waals surface area (Å²) in [4.78, 5) is 2.16. The summed E-state index contributed by atoms with van der Waals surface area (Å²) >= 11 is 0. The zero-order valence-electron chi connectivity index (χ0n) is 9.50. The number of hydrogen-bond donors (Lipinski definition) is 0. The number of benzene rings is 1. The first kappa shape index (κ1) is 11.1. The van der Waals surface area contributed by atoms with E-state index in [9.17, 15) is 0 Å². The minimum Gasteiger partial charge on any atom is -0.494 e. The minimum atomic E-state index is 0.730. The third kappa shape index (κ3) is 3.04. The molecule has 0 N–H and O–H groups in total. The molecule has 0 aliphatic rings. The molecule has 78 valence electrons. The highest BCUT2D eigenvalue weighted by atomic mass is 16.5. The standard InChI is InChI=1S/C12H19NO/c1-5-14-12-7-6-11(8-10(12)2)9-13(3)4/h6-8H,5,9H2,1-4H3. The van der Waals surface area contributed by atoms with Crippen molar-refractivity contribution in [2.75, 3.05) is 20.7 Å². The van der Waals surface area contributed by atoms with E-state index in [4.69, 9.17) is 4.74 Å². The van der Waals surface area contributed by atoms with Gasteiger partial charge in [-0.05, 0) is 45.1 Å². The fraction of sp³-hybridized carbons (Fsp3) is 0.500. The molecule has 0 unspecified atom stereocenters. The van der Waals surface area contributed by atoms with E-state index in [1.54, 1.807) is 0 Å². The first-order valence-electron chi connectivity index (χ1n) is 5.00. The van der Waals surface area contributed by atoms with Gasteiger partial charge >= 0.3 is 0 Å². The van der Waals surface area contributed by atoms with Gasteiger partial charge in [0.25, 0.3) is 0 Å². The van der Waals surface area contributed by atoms with Crippen LogP contribution in [-0.2, 0) is 6.54 Å². The lowest BCUT2D eigenvalue weighted by Gasteiger charge is -2.12. The Morgan fingerprint density at radius 1 is 1.29 bits per heavy atom. The van der Waals surface area contributed by atoms with Crippen molar-refractivity contribution in [2.24, 2.45) is 0 Å². The van der Waals surface area contributed by atoms with E-state index >= 15 is 0 Å². The van der Waals surface area contributed by atoms with Crippen LogP contribution in [0, 0.1) is 6.92 Å². The van der Waals surface area contributed by atoms with E-state index in [2.05, 4.69) is 44.1 Å². The smallest absolute Gasteiger partial charge is 0.122 e. The maximum atomic E-state index is 5.48. The Hall–Kier alpha value is -1.02. The molecule has 0 bridgehead atoms. The number of aryl methyl sites for hydroxylation is 1. The van der Waals surface area contributed by atoms with Crippen LogP contribution in [0.25, 0.3) is 0 Å². The van der Waals surface area contributed by atoms with Gasteiger partial charge in [0.15, 0.2) is 0 Å². The fourth-order valence-corrected chi connectivity index (χ4v) is 1.49. The molecule has 2 heteroatoms. The summed E-state index contributed by atoms with van der Waals surface area (Å²) in [5.74, 6) is 0.995. The van der Waals surface area contributed by atoms with E-state index in [1.807, 2.05) is 6.92 Å². The molecule has 0 saturated carbocycles. The van der Waals surface area contributed by atoms with Gasteiger partial charge in [0, 0.05) is 6.54 Å². The van der Waals surface area contributed by atoms with Gasteiger partial charge < -0.3 is 9.64 Å². The Morgan fingerprint density at radius 2 is 2.00 bits per heavy atom. The third-order valence-corrected chi connectivity index (χ3v) is 2.04. The summed E-state index contributed by atoms with van der Waals surface area (Å²) in [5.41, 5.74) is 2.54. The molecular weight excluding hydrogens is 174 g/mol. The Balaban J connectivity index is 2.78. The first-order valence-corrected chi connectivity index (χ1v) is 5.00. The van der Waals surface area contributed by atoms with E-state index in [-0.39, 0.29) is 0 Å². The SMILES string of the molecule is CCOc1ccc(CN(C)C)cc1C. The lowest BCUT2D eigenvalue weighted by molar-refractivity contribution is 0.337. The van der Waals surface area contributed by atoms with Crippen molar-refractivity contribution in [3.8, 4) is 5.75 Å². The molecule has 1 aromatic rings. The average Bonchev–Trinajstić information content (AvgIpc) is 2.09. The third-order valence-electron chi connectivity index (χ3n) is 2.04. The number of rotatable bonds is 4. The van der Waals surface area contributed by atoms with Crippen molar-refractivity contribution in [3.63, 3.8) is 0 Å². The van der Waals surface area contributed by atoms with Crippen molar-refractivity contribution >= 4 is 0 Å². The molecule has 0 spiro atoms. The molecule has 0 heterocycles. The number of ether oxygens (including phenoxy) is 1. The molecule has 0 amide bonds. The second-order valence-corrected chi connectivity index (χ2v) is 3.77. The van der Waals surface area contributed by atoms with Crippen LogP contribution >= 0.6 is 0 Å². The zero-order valence-corrected chi connectivity index (χ0v) is 9.50. The molecule has 0 radical (unpaired) electrons. The van der Waals surface area contributed by atoms with E-state index in [0.717, 1.165) is 18.9 Å². The lowest BCUT2D eigenvalue weighted by Crippen LogP contribution is -2.10. The first-order chi connectivity index (χ1) is 6.63. The highest BCUT2D eigenvalue weighted by Gasteiger charge is 2.01. The van der Waals surface area contributed by atoms with Gasteiger partial charge in [-0.25, -0.2) is 0 Å². The number of nitrogens with zero attached hydrogens (tertiary/aromatic N) is 1. The molecule has 14 heavy (non-hydrogen) atoms. The normalized spacial score (nSPS) is 10.6. The largest absolute Gasteiger partial charge is 0.494 e. The average molecular weight is 193 g/mol. The molecule has 0 atom stereocenters. The van der Waals surface area contributed by atoms with Crippen LogP contribution in [0.2, 0.25) is 0 Å². The van der Waals surface area contributed by atoms with Crippen LogP contribution in [-0.4, -0.2) is 25.6 Å². The Labute approximate surface area is 86.5 Å². The quantitative estimate of drug-likeness (QED) is 0.728. The second-order valence-electron chi connectivity index (χ2n) is 3.77. The highest BCUT2D eigenvalue weighted by molar-refractivity contribution is 5.36. The molecule has 0 saturated heterocycles. The molecule has 1 rings (SSSR count). The maximum Gasteiger partial charge on any atom is 0.122 e. The van der Waals surface area contributed by atoms with Gasteiger partial charge in [-0.2, -0.15) is 0 Å². The summed E-state index contributed by atoms with van der Waals surface area (Å²) in [6.07, 6.45) is 0. The summed E-state index contributed by atoms with van der Waals surface area (Å²) < 4.78 is 5.48. The van der Waals surface area contributed by atoms with Crippen molar-refractivity contribution in [3.05, 3.63) is 29.3 Å². The zero-order chi connectivity index (χ0) is 10.6. The van der Waals surface area contributed by atoms with Crippen LogP contribution < -0.4 is 4.74 Å². The predicted molar refractivity (Wildman–Crippen MR) is 59.7 cm³/mol. The molecule has 2 nitrogen and oxygen atoms in total. The van der Waals surface area contributed by atoms with Gasteiger partial charge in [-0.15, -0.1) is 0 Å². The molecule has 0 aliphatic carbocycles. The van der Waals surface area contributed by atoms with Crippen LogP contribution in [0.5, 0.6) is 5.75 Å². The van der Waals surface area contributed by atoms with Crippen LogP contribution in [0.15, 0.2) is 18.2 Å². The summed E-state index contributed by atoms with van der Waals surface area (Å²) in [6.45, 7) is 5.80. The highest BCUT2D eigenvalue weighted by Crippen LogP contribution is 2.19. The van der Waals surface area contributed by atoms with E-state index < -0.39 is 0 Å². The van der Waals surface area contributed by atoms with Crippen molar-refractivity contribution < 1.29 is 4.74 Å². The molecule has 0 aromatic heterocycles. The summed E-state index contributed by atoms with van der Waals surface area (Å²) in [7, 11) is 4.15. The Bertz CT molecular complexity index is 294. The summed E-state index contributed by atoms with van der Waals surface area (Å²) in [5, 5.41) is 0. The van der Waals surface area contributed by atoms with Gasteiger partial charge in [-0.3, -0.25) is 0 Å². The lowest BCUT2D eigenvalue weighted by atomic mass is 10.1. The van der Waals surface area contributed by atoms with Crippen molar-refractivity contribution in [1.82, 2.24) is 4.90 Å². The van der Waals surface area contributed by atoms with Gasteiger partial charge in [0.2, 0.25) is 0 Å². The monoisotopic (exact) mass is 193 g/mol. The molecule has 1 aromatic carbocycles. The second kappa shape index (κ2) is 5.01. The maximum absolute atomic E-state index is 5.48. The summed E-state index contributed by atoms with van der Waals surface area (Å²) in [6, 6.07) is 6.36. The van der Waals surface area contributed by atoms with E-state index in [0.29, 0.717) is 0 Å². The number of hydrogen-bond acceptors (Lipinski definition) is 2. The molecule has 0 aliphatic heterocycles. The van der Waals surface area contributed by atoms with Crippen LogP contribution in [0.4, 0.5) is 0 Å². The Kier molecular flexibility index (Phi) is 3.96. The van der Waals surface area contributed by atoms with Gasteiger partial charge in [0.1, 0.15) is 5.75 Å². The van der Waals surface area contributed by atoms with Gasteiger partial charge in [0.05, 0.1) is 6.61 Å². The molecule has 0 fully saturated rings.